The van der Waals surface area contributed by atoms with Crippen molar-refractivity contribution < 1.29 is 76.0 Å². The number of methoxy groups -OCH3 is 1. The molecule has 0 radical (unpaired) electrons. The second-order valence-corrected chi connectivity index (χ2v) is 12.5. The Morgan fingerprint density at radius 1 is 0.483 bits per heavy atom. The van der Waals surface area contributed by atoms with E-state index in [2.05, 4.69) is 0 Å². The van der Waals surface area contributed by atoms with Gasteiger partial charge in [0.1, 0.15) is 25.4 Å². The Morgan fingerprint density at radius 3 is 1.31 bits per heavy atom. The number of hydrogen-bond donors (Lipinski definition) is 0. The Bertz CT molecular complexity index is 1610. The molecule has 0 aromatic heterocycles. The summed E-state index contributed by atoms with van der Waals surface area (Å²) in [7, 11) is 1.35. The van der Waals surface area contributed by atoms with Crippen LogP contribution in [0.4, 0.5) is 0 Å². The third-order valence-electron chi connectivity index (χ3n) is 8.28. The lowest BCUT2D eigenvalue weighted by molar-refractivity contribution is -0.300. The van der Waals surface area contributed by atoms with Crippen molar-refractivity contribution >= 4 is 23.9 Å². The van der Waals surface area contributed by atoms with Gasteiger partial charge < -0.3 is 56.8 Å². The molecule has 58 heavy (non-hydrogen) atoms. The van der Waals surface area contributed by atoms with Crippen molar-refractivity contribution in [2.45, 2.75) is 37.6 Å². The van der Waals surface area contributed by atoms with Gasteiger partial charge in [-0.2, -0.15) is 0 Å². The van der Waals surface area contributed by atoms with Gasteiger partial charge >= 0.3 is 23.9 Å². The Kier molecular flexibility index (Phi) is 21.4. The number of rotatable bonds is 27. The predicted octanol–water partition coefficient (Wildman–Crippen LogP) is 3.70. The van der Waals surface area contributed by atoms with Crippen molar-refractivity contribution in [3.63, 3.8) is 0 Å². The fraction of sp³-hybridized carbons (Fsp3) is 0.476. The van der Waals surface area contributed by atoms with Crippen molar-refractivity contribution in [3.8, 4) is 0 Å². The van der Waals surface area contributed by atoms with Gasteiger partial charge in [0.05, 0.1) is 89.4 Å². The Balaban J connectivity index is 1.30. The maximum Gasteiger partial charge on any atom is 0.338 e. The monoisotopic (exact) mass is 812 g/mol. The van der Waals surface area contributed by atoms with E-state index in [0.717, 1.165) is 0 Å². The average Bonchev–Trinajstić information content (AvgIpc) is 3.25. The van der Waals surface area contributed by atoms with E-state index in [1.165, 1.54) is 14.0 Å². The van der Waals surface area contributed by atoms with Gasteiger partial charge in [-0.3, -0.25) is 4.79 Å². The zero-order chi connectivity index (χ0) is 41.2. The Labute approximate surface area is 337 Å². The van der Waals surface area contributed by atoms with Crippen molar-refractivity contribution in [2.75, 3.05) is 93.0 Å². The summed E-state index contributed by atoms with van der Waals surface area (Å²) in [5.74, 6) is -2.36. The second-order valence-electron chi connectivity index (χ2n) is 12.5. The third kappa shape index (κ3) is 16.6. The van der Waals surface area contributed by atoms with Crippen LogP contribution >= 0.6 is 0 Å². The number of carbonyl (C=O) groups is 4. The highest BCUT2D eigenvalue weighted by Gasteiger charge is 2.52. The Hall–Kier alpha value is -4.78. The number of hydrogen-bond acceptors (Lipinski definition) is 16. The molecule has 1 aliphatic rings. The standard InChI is InChI=1S/C42H52O16/c1-31(43)53-28-26-51-24-22-49-20-18-48-19-21-50-23-25-52-27-29-54-36-35(30-55-39(44)32-12-6-3-7-13-32)56-42(47-2)38(58-41(46)34-16-10-5-11-17-34)37(36)57-40(45)33-14-8-4-9-15-33/h3-17,35-38,42H,18-30H2,1-2H3/t35-,36-,37+,38-,42+/m1/s1. The molecule has 0 bridgehead atoms. The minimum atomic E-state index is -1.29. The molecule has 16 nitrogen and oxygen atoms in total. The van der Waals surface area contributed by atoms with Crippen molar-refractivity contribution in [1.29, 1.82) is 0 Å². The van der Waals surface area contributed by atoms with Gasteiger partial charge in [-0.05, 0) is 36.4 Å². The molecule has 1 aliphatic heterocycles. The summed E-state index contributed by atoms with van der Waals surface area (Å²) in [6.45, 7) is 4.48. The summed E-state index contributed by atoms with van der Waals surface area (Å²) >= 11 is 0. The first-order chi connectivity index (χ1) is 28.4. The van der Waals surface area contributed by atoms with Crippen molar-refractivity contribution in [3.05, 3.63) is 108 Å². The average molecular weight is 813 g/mol. The van der Waals surface area contributed by atoms with E-state index in [0.29, 0.717) is 58.4 Å². The SMILES string of the molecule is CO[C@H]1O[C@H](COC(=O)c2ccccc2)[C@@H](OCCOCCOCCOCCOCCOCCOC(C)=O)[C@H](OC(=O)c2ccccc2)[C@H]1OC(=O)c1ccccc1. The van der Waals surface area contributed by atoms with Crippen LogP contribution in [0, 0.1) is 0 Å². The highest BCUT2D eigenvalue weighted by atomic mass is 16.7. The van der Waals surface area contributed by atoms with E-state index in [1.54, 1.807) is 91.0 Å². The van der Waals surface area contributed by atoms with E-state index in [-0.39, 0.29) is 50.1 Å². The first-order valence-corrected chi connectivity index (χ1v) is 18.9. The lowest BCUT2D eigenvalue weighted by Crippen LogP contribution is -2.62. The number of benzene rings is 3. The van der Waals surface area contributed by atoms with E-state index >= 15 is 0 Å². The molecule has 3 aromatic carbocycles. The first kappa shape index (κ1) is 45.9. The van der Waals surface area contributed by atoms with Crippen LogP contribution in [0.15, 0.2) is 91.0 Å². The number of carbonyl (C=O) groups excluding carboxylic acids is 4. The maximum absolute atomic E-state index is 13.5. The third-order valence-corrected chi connectivity index (χ3v) is 8.28. The summed E-state index contributed by atoms with van der Waals surface area (Å²) < 4.78 is 68.0. The van der Waals surface area contributed by atoms with Crippen LogP contribution in [-0.2, 0) is 61.6 Å². The normalized spacial score (nSPS) is 18.9. The largest absolute Gasteiger partial charge is 0.463 e. The molecule has 1 saturated heterocycles. The molecular formula is C42H52O16. The molecular weight excluding hydrogens is 760 g/mol. The van der Waals surface area contributed by atoms with Crippen LogP contribution in [0.2, 0.25) is 0 Å². The smallest absolute Gasteiger partial charge is 0.338 e. The molecule has 3 aromatic rings. The second kappa shape index (κ2) is 27.0. The summed E-state index contributed by atoms with van der Waals surface area (Å²) in [4.78, 5) is 50.5. The number of esters is 4. The van der Waals surface area contributed by atoms with E-state index in [9.17, 15) is 19.2 Å². The molecule has 5 atom stereocenters. The summed E-state index contributed by atoms with van der Waals surface area (Å²) in [5, 5.41) is 0. The summed E-state index contributed by atoms with van der Waals surface area (Å²) in [5.41, 5.74) is 0.829. The van der Waals surface area contributed by atoms with Gasteiger partial charge in [-0.1, -0.05) is 54.6 Å². The van der Waals surface area contributed by atoms with Gasteiger partial charge in [-0.25, -0.2) is 14.4 Å². The van der Waals surface area contributed by atoms with Gasteiger partial charge in [0.15, 0.2) is 18.5 Å². The predicted molar refractivity (Wildman–Crippen MR) is 204 cm³/mol. The molecule has 1 heterocycles. The molecule has 316 valence electrons. The molecule has 0 aliphatic carbocycles. The minimum Gasteiger partial charge on any atom is -0.463 e. The topological polar surface area (TPSA) is 179 Å². The summed E-state index contributed by atoms with van der Waals surface area (Å²) in [6, 6.07) is 25.0. The zero-order valence-corrected chi connectivity index (χ0v) is 32.8. The molecule has 1 fully saturated rings. The first-order valence-electron chi connectivity index (χ1n) is 18.9. The molecule has 0 amide bonds. The molecule has 0 saturated carbocycles. The summed E-state index contributed by atoms with van der Waals surface area (Å²) in [6.07, 6.45) is -5.95. The van der Waals surface area contributed by atoms with Gasteiger partial charge in [-0.15, -0.1) is 0 Å². The van der Waals surface area contributed by atoms with E-state index < -0.39 is 48.6 Å². The molecule has 4 rings (SSSR count). The highest BCUT2D eigenvalue weighted by molar-refractivity contribution is 5.90. The van der Waals surface area contributed by atoms with Gasteiger partial charge in [0.2, 0.25) is 0 Å². The lowest BCUT2D eigenvalue weighted by Gasteiger charge is -2.44. The van der Waals surface area contributed by atoms with Crippen LogP contribution in [0.5, 0.6) is 0 Å². The van der Waals surface area contributed by atoms with E-state index in [1.807, 2.05) is 0 Å². The highest BCUT2D eigenvalue weighted by Crippen LogP contribution is 2.31. The van der Waals surface area contributed by atoms with Crippen LogP contribution in [-0.4, -0.2) is 148 Å². The van der Waals surface area contributed by atoms with Crippen LogP contribution in [0.25, 0.3) is 0 Å². The Morgan fingerprint density at radius 2 is 0.879 bits per heavy atom. The van der Waals surface area contributed by atoms with Crippen molar-refractivity contribution in [2.24, 2.45) is 0 Å². The molecule has 16 heteroatoms. The van der Waals surface area contributed by atoms with Crippen LogP contribution in [0.1, 0.15) is 38.0 Å². The minimum absolute atomic E-state index is 0.00606. The fourth-order valence-corrected chi connectivity index (χ4v) is 5.48. The maximum atomic E-state index is 13.5. The van der Waals surface area contributed by atoms with Gasteiger partial charge in [0.25, 0.3) is 0 Å². The van der Waals surface area contributed by atoms with Crippen molar-refractivity contribution in [1.82, 2.24) is 0 Å². The van der Waals surface area contributed by atoms with Crippen LogP contribution in [0.3, 0.4) is 0 Å². The molecule has 0 N–H and O–H groups in total. The number of ether oxygens (including phenoxy) is 12. The quantitative estimate of drug-likeness (QED) is 0.0618. The fourth-order valence-electron chi connectivity index (χ4n) is 5.48. The molecule has 0 spiro atoms. The molecule has 0 unspecified atom stereocenters. The van der Waals surface area contributed by atoms with Gasteiger partial charge in [0, 0.05) is 14.0 Å². The van der Waals surface area contributed by atoms with Crippen LogP contribution < -0.4 is 0 Å². The van der Waals surface area contributed by atoms with E-state index in [4.69, 9.17) is 56.8 Å². The zero-order valence-electron chi connectivity index (χ0n) is 32.8. The lowest BCUT2D eigenvalue weighted by atomic mass is 9.98.